The Balaban J connectivity index is 1.93. The van der Waals surface area contributed by atoms with Crippen LogP contribution in [0.15, 0.2) is 84.9 Å². The molecule has 0 aliphatic heterocycles. The maximum atomic E-state index is 3.63. The van der Waals surface area contributed by atoms with Gasteiger partial charge in [-0.25, -0.2) is 0 Å². The van der Waals surface area contributed by atoms with Crippen LogP contribution in [0.5, 0.6) is 0 Å². The Bertz CT molecular complexity index is 867. The molecule has 3 aromatic rings. The summed E-state index contributed by atoms with van der Waals surface area (Å²) < 4.78 is 0. The van der Waals surface area contributed by atoms with Crippen molar-refractivity contribution in [3.63, 3.8) is 0 Å². The third-order valence-corrected chi connectivity index (χ3v) is 5.42. The molecule has 0 saturated heterocycles. The van der Waals surface area contributed by atoms with Crippen LogP contribution >= 0.6 is 0 Å². The monoisotopic (exact) mass is 386 g/mol. The van der Waals surface area contributed by atoms with Gasteiger partial charge in [0.2, 0.25) is 0 Å². The third kappa shape index (κ3) is 5.20. The van der Waals surface area contributed by atoms with Gasteiger partial charge in [0.1, 0.15) is 0 Å². The Morgan fingerprint density at radius 2 is 1.24 bits per heavy atom. The van der Waals surface area contributed by atoms with Gasteiger partial charge in [-0.05, 0) is 75.1 Å². The molecule has 3 aromatic carbocycles. The van der Waals surface area contributed by atoms with Gasteiger partial charge in [0.05, 0.1) is 5.54 Å². The van der Waals surface area contributed by atoms with Crippen molar-refractivity contribution in [3.05, 3.63) is 90.5 Å². The molecule has 0 aliphatic rings. The molecule has 0 aromatic heterocycles. The fraction of sp³-hybridized carbons (Fsp3) is 0.333. The van der Waals surface area contributed by atoms with E-state index in [1.165, 1.54) is 29.0 Å². The maximum Gasteiger partial charge on any atom is 0.0646 e. The van der Waals surface area contributed by atoms with Crippen molar-refractivity contribution < 1.29 is 0 Å². The summed E-state index contributed by atoms with van der Waals surface area (Å²) in [5.74, 6) is 0.692. The van der Waals surface area contributed by atoms with Crippen molar-refractivity contribution in [1.29, 1.82) is 0 Å². The summed E-state index contributed by atoms with van der Waals surface area (Å²) in [6, 6.07) is 30.7. The molecule has 1 atom stereocenters. The fourth-order valence-electron chi connectivity index (χ4n) is 4.10. The lowest BCUT2D eigenvalue weighted by Gasteiger charge is -2.41. The number of nitrogens with one attached hydrogen (secondary N) is 1. The SMILES string of the molecule is CC(C)CC(C)Nc1ccc(N(c2ccccc2)C(C)(C)c2ccccc2)cc1. The lowest BCUT2D eigenvalue weighted by molar-refractivity contribution is 0.535. The summed E-state index contributed by atoms with van der Waals surface area (Å²) in [6.07, 6.45) is 1.17. The second-order valence-electron chi connectivity index (χ2n) is 8.82. The van der Waals surface area contributed by atoms with E-state index in [9.17, 15) is 0 Å². The molecule has 152 valence electrons. The minimum Gasteiger partial charge on any atom is -0.383 e. The van der Waals surface area contributed by atoms with Crippen molar-refractivity contribution in [1.82, 2.24) is 0 Å². The Hall–Kier alpha value is -2.74. The van der Waals surface area contributed by atoms with Gasteiger partial charge in [-0.15, -0.1) is 0 Å². The minimum atomic E-state index is -0.192. The highest BCUT2D eigenvalue weighted by Crippen LogP contribution is 2.39. The van der Waals surface area contributed by atoms with Crippen LogP contribution in [0.4, 0.5) is 17.1 Å². The molecule has 0 aliphatic carbocycles. The molecule has 0 heterocycles. The Labute approximate surface area is 176 Å². The van der Waals surface area contributed by atoms with Crippen molar-refractivity contribution in [2.24, 2.45) is 5.92 Å². The topological polar surface area (TPSA) is 15.3 Å². The number of rotatable bonds is 8. The number of benzene rings is 3. The standard InChI is InChI=1S/C27H34N2/c1-21(2)20-22(3)28-24-16-18-26(19-17-24)29(25-14-10-7-11-15-25)27(4,5)23-12-8-6-9-13-23/h6-19,21-22,28H,20H2,1-5H3. The number of para-hydroxylation sites is 1. The Morgan fingerprint density at radius 1 is 0.724 bits per heavy atom. The Kier molecular flexibility index (Phi) is 6.64. The van der Waals surface area contributed by atoms with Gasteiger partial charge in [-0.2, -0.15) is 0 Å². The van der Waals surface area contributed by atoms with Crippen molar-refractivity contribution >= 4 is 17.1 Å². The number of hydrogen-bond donors (Lipinski definition) is 1. The summed E-state index contributed by atoms with van der Waals surface area (Å²) in [5, 5.41) is 3.63. The lowest BCUT2D eigenvalue weighted by atomic mass is 9.90. The van der Waals surface area contributed by atoms with Gasteiger partial charge < -0.3 is 10.2 Å². The third-order valence-electron chi connectivity index (χ3n) is 5.42. The van der Waals surface area contributed by atoms with Crippen LogP contribution < -0.4 is 10.2 Å². The van der Waals surface area contributed by atoms with Crippen LogP contribution in [0.1, 0.15) is 46.6 Å². The number of nitrogens with zero attached hydrogens (tertiary/aromatic N) is 1. The van der Waals surface area contributed by atoms with Crippen LogP contribution in [-0.2, 0) is 5.54 Å². The van der Waals surface area contributed by atoms with E-state index in [-0.39, 0.29) is 5.54 Å². The van der Waals surface area contributed by atoms with Gasteiger partial charge in [0.15, 0.2) is 0 Å². The molecular weight excluding hydrogens is 352 g/mol. The van der Waals surface area contributed by atoms with Gasteiger partial charge >= 0.3 is 0 Å². The number of hydrogen-bond acceptors (Lipinski definition) is 2. The van der Waals surface area contributed by atoms with Gasteiger partial charge in [0.25, 0.3) is 0 Å². The van der Waals surface area contributed by atoms with Crippen LogP contribution in [0.3, 0.4) is 0 Å². The van der Waals surface area contributed by atoms with Crippen molar-refractivity contribution in [2.45, 2.75) is 52.6 Å². The second kappa shape index (κ2) is 9.17. The molecule has 0 radical (unpaired) electrons. The molecule has 0 bridgehead atoms. The lowest BCUT2D eigenvalue weighted by Crippen LogP contribution is -2.38. The summed E-state index contributed by atoms with van der Waals surface area (Å²) in [5.41, 5.74) is 4.65. The minimum absolute atomic E-state index is 0.192. The molecule has 1 N–H and O–H groups in total. The molecule has 1 unspecified atom stereocenters. The predicted molar refractivity (Wildman–Crippen MR) is 127 cm³/mol. The molecule has 0 saturated carbocycles. The first-order valence-corrected chi connectivity index (χ1v) is 10.7. The molecule has 2 heteroatoms. The van der Waals surface area contributed by atoms with Gasteiger partial charge in [0, 0.05) is 23.1 Å². The van der Waals surface area contributed by atoms with Crippen LogP contribution in [0.25, 0.3) is 0 Å². The van der Waals surface area contributed by atoms with E-state index in [4.69, 9.17) is 0 Å². The molecular formula is C27H34N2. The summed E-state index contributed by atoms with van der Waals surface area (Å²) >= 11 is 0. The Morgan fingerprint density at radius 3 is 1.79 bits per heavy atom. The normalized spacial score (nSPS) is 12.6. The van der Waals surface area contributed by atoms with Gasteiger partial charge in [-0.1, -0.05) is 62.4 Å². The fourth-order valence-corrected chi connectivity index (χ4v) is 4.10. The average Bonchev–Trinajstić information content (AvgIpc) is 2.70. The van der Waals surface area contributed by atoms with Crippen LogP contribution in [0, 0.1) is 5.92 Å². The van der Waals surface area contributed by atoms with E-state index in [0.717, 1.165) is 0 Å². The largest absolute Gasteiger partial charge is 0.383 e. The zero-order valence-electron chi connectivity index (χ0n) is 18.4. The summed E-state index contributed by atoms with van der Waals surface area (Å²) in [4.78, 5) is 2.42. The molecule has 0 spiro atoms. The molecule has 29 heavy (non-hydrogen) atoms. The van der Waals surface area contributed by atoms with E-state index in [1.54, 1.807) is 0 Å². The first-order chi connectivity index (χ1) is 13.9. The maximum absolute atomic E-state index is 3.63. The van der Waals surface area contributed by atoms with Crippen molar-refractivity contribution in [2.75, 3.05) is 10.2 Å². The second-order valence-corrected chi connectivity index (χ2v) is 8.82. The zero-order valence-corrected chi connectivity index (χ0v) is 18.4. The smallest absolute Gasteiger partial charge is 0.0646 e. The first-order valence-electron chi connectivity index (χ1n) is 10.7. The molecule has 0 amide bonds. The highest BCUT2D eigenvalue weighted by atomic mass is 15.2. The predicted octanol–water partition coefficient (Wildman–Crippen LogP) is 7.61. The zero-order chi connectivity index (χ0) is 20.9. The van der Waals surface area contributed by atoms with E-state index in [2.05, 4.69) is 130 Å². The highest BCUT2D eigenvalue weighted by Gasteiger charge is 2.30. The molecule has 0 fully saturated rings. The van der Waals surface area contributed by atoms with Crippen LogP contribution in [0.2, 0.25) is 0 Å². The number of anilines is 3. The highest BCUT2D eigenvalue weighted by molar-refractivity contribution is 5.68. The van der Waals surface area contributed by atoms with Crippen LogP contribution in [-0.4, -0.2) is 6.04 Å². The summed E-state index contributed by atoms with van der Waals surface area (Å²) in [7, 11) is 0. The van der Waals surface area contributed by atoms with E-state index in [1.807, 2.05) is 0 Å². The summed E-state index contributed by atoms with van der Waals surface area (Å²) in [6.45, 7) is 11.4. The van der Waals surface area contributed by atoms with Crippen molar-refractivity contribution in [3.8, 4) is 0 Å². The molecule has 2 nitrogen and oxygen atoms in total. The average molecular weight is 387 g/mol. The molecule has 3 rings (SSSR count). The van der Waals surface area contributed by atoms with E-state index >= 15 is 0 Å². The first kappa shape index (κ1) is 21.0. The van der Waals surface area contributed by atoms with E-state index in [0.29, 0.717) is 12.0 Å². The quantitative estimate of drug-likeness (QED) is 0.428. The van der Waals surface area contributed by atoms with Gasteiger partial charge in [-0.3, -0.25) is 0 Å². The van der Waals surface area contributed by atoms with E-state index < -0.39 is 0 Å².